The van der Waals surface area contributed by atoms with E-state index in [4.69, 9.17) is 0 Å². The predicted molar refractivity (Wildman–Crippen MR) is 69.3 cm³/mol. The van der Waals surface area contributed by atoms with Crippen LogP contribution in [0.1, 0.15) is 44.9 Å². The maximum absolute atomic E-state index is 2.71. The highest BCUT2D eigenvalue weighted by molar-refractivity contribution is 5.65. The van der Waals surface area contributed by atoms with Gasteiger partial charge < -0.3 is 0 Å². The summed E-state index contributed by atoms with van der Waals surface area (Å²) in [5.41, 5.74) is 0. The second-order valence-corrected chi connectivity index (χ2v) is 6.46. The van der Waals surface area contributed by atoms with Gasteiger partial charge in [0.15, 0.2) is 12.1 Å². The summed E-state index contributed by atoms with van der Waals surface area (Å²) < 4.78 is 5.43. The Hall–Kier alpha value is -0.660. The van der Waals surface area contributed by atoms with Gasteiger partial charge in [-0.15, -0.1) is 0 Å². The zero-order valence-corrected chi connectivity index (χ0v) is 10.7. The van der Waals surface area contributed by atoms with Crippen molar-refractivity contribution in [2.75, 3.05) is 13.1 Å². The summed E-state index contributed by atoms with van der Waals surface area (Å²) in [6.07, 6.45) is 15.3. The fraction of sp³-hybridized carbons (Fsp3) is 0.867. The van der Waals surface area contributed by atoms with Crippen molar-refractivity contribution in [2.24, 2.45) is 11.8 Å². The molecule has 0 amide bonds. The normalized spacial score (nSPS) is 44.2. The highest BCUT2D eigenvalue weighted by Crippen LogP contribution is 2.35. The second-order valence-electron chi connectivity index (χ2n) is 6.46. The van der Waals surface area contributed by atoms with E-state index in [0.29, 0.717) is 0 Å². The molecule has 0 saturated carbocycles. The van der Waals surface area contributed by atoms with Crippen molar-refractivity contribution in [1.82, 2.24) is 0 Å². The summed E-state index contributed by atoms with van der Waals surface area (Å²) >= 11 is 0. The third kappa shape index (κ3) is 1.60. The Balaban J connectivity index is 1.70. The molecule has 2 heteroatoms. The third-order valence-electron chi connectivity index (χ3n) is 5.48. The van der Waals surface area contributed by atoms with Gasteiger partial charge in [-0.05, 0) is 19.3 Å². The lowest BCUT2D eigenvalue weighted by molar-refractivity contribution is -0.618. The van der Waals surface area contributed by atoms with E-state index < -0.39 is 0 Å². The van der Waals surface area contributed by atoms with Crippen LogP contribution in [0, 0.1) is 11.8 Å². The molecule has 4 rings (SSSR count). The van der Waals surface area contributed by atoms with E-state index in [-0.39, 0.29) is 0 Å². The molecule has 0 aromatic carbocycles. The minimum absolute atomic E-state index is 0.850. The number of nitrogens with zero attached hydrogens (tertiary/aromatic N) is 2. The van der Waals surface area contributed by atoms with Crippen molar-refractivity contribution in [2.45, 2.75) is 57.0 Å². The van der Waals surface area contributed by atoms with Crippen LogP contribution in [0.25, 0.3) is 0 Å². The maximum Gasteiger partial charge on any atom is 0.164 e. The molecule has 2 nitrogen and oxygen atoms in total. The molecule has 0 spiro atoms. The van der Waals surface area contributed by atoms with Crippen LogP contribution in [-0.2, 0) is 0 Å². The van der Waals surface area contributed by atoms with Crippen molar-refractivity contribution >= 4 is 12.4 Å². The first-order chi connectivity index (χ1) is 8.42. The maximum atomic E-state index is 2.71. The Bertz CT molecular complexity index is 346. The first kappa shape index (κ1) is 10.3. The first-order valence-corrected chi connectivity index (χ1v) is 7.63. The average Bonchev–Trinajstić information content (AvgIpc) is 2.39. The lowest BCUT2D eigenvalue weighted by Gasteiger charge is -2.38. The van der Waals surface area contributed by atoms with E-state index >= 15 is 0 Å². The molecule has 0 radical (unpaired) electrons. The zero-order valence-electron chi connectivity index (χ0n) is 10.7. The van der Waals surface area contributed by atoms with Gasteiger partial charge >= 0.3 is 0 Å². The van der Waals surface area contributed by atoms with Crippen LogP contribution in [0.4, 0.5) is 0 Å². The number of hydrogen-bond donors (Lipinski definition) is 0. The standard InChI is InChI=1S/C15H24N2/c1-3-7-16-11-13-9-12(14(16)5-1)10-17-8-4-2-6-15(13)17/h10-15H,1-9H2/q+2/t12-,13-,14-,15+/m0/s1. The van der Waals surface area contributed by atoms with Crippen LogP contribution in [-0.4, -0.2) is 46.8 Å². The van der Waals surface area contributed by atoms with Crippen LogP contribution in [0.3, 0.4) is 0 Å². The highest BCUT2D eigenvalue weighted by atomic mass is 15.1. The quantitative estimate of drug-likeness (QED) is 0.563. The van der Waals surface area contributed by atoms with Gasteiger partial charge in [0.2, 0.25) is 0 Å². The number of piperidine rings is 2. The lowest BCUT2D eigenvalue weighted by Crippen LogP contribution is -2.54. The molecule has 4 heterocycles. The van der Waals surface area contributed by atoms with Crippen LogP contribution in [0.5, 0.6) is 0 Å². The molecule has 0 aromatic heterocycles. The van der Waals surface area contributed by atoms with Crippen molar-refractivity contribution in [3.8, 4) is 0 Å². The summed E-state index contributed by atoms with van der Waals surface area (Å²) in [4.78, 5) is 0. The van der Waals surface area contributed by atoms with Gasteiger partial charge in [-0.25, -0.2) is 9.15 Å². The molecule has 2 fully saturated rings. The van der Waals surface area contributed by atoms with Crippen LogP contribution >= 0.6 is 0 Å². The molecule has 17 heavy (non-hydrogen) atoms. The molecule has 92 valence electrons. The Morgan fingerprint density at radius 2 is 1.24 bits per heavy atom. The molecular formula is C15H24N2+2. The average molecular weight is 232 g/mol. The van der Waals surface area contributed by atoms with Crippen molar-refractivity contribution in [3.63, 3.8) is 0 Å². The van der Waals surface area contributed by atoms with Crippen molar-refractivity contribution in [1.29, 1.82) is 0 Å². The molecule has 4 atom stereocenters. The smallest absolute Gasteiger partial charge is 0.164 e. The minimum atomic E-state index is 0.850. The first-order valence-electron chi connectivity index (χ1n) is 7.63. The van der Waals surface area contributed by atoms with Crippen LogP contribution < -0.4 is 0 Å². The fourth-order valence-electron chi connectivity index (χ4n) is 4.69. The summed E-state index contributed by atoms with van der Waals surface area (Å²) in [5.74, 6) is 1.72. The second kappa shape index (κ2) is 3.93. The minimum Gasteiger partial charge on any atom is -0.236 e. The Kier molecular flexibility index (Phi) is 2.38. The molecule has 2 saturated heterocycles. The zero-order chi connectivity index (χ0) is 11.2. The van der Waals surface area contributed by atoms with E-state index in [9.17, 15) is 0 Å². The van der Waals surface area contributed by atoms with E-state index in [1.807, 2.05) is 0 Å². The summed E-state index contributed by atoms with van der Waals surface area (Å²) in [7, 11) is 0. The van der Waals surface area contributed by atoms with Crippen molar-refractivity contribution < 1.29 is 9.15 Å². The largest absolute Gasteiger partial charge is 0.236 e. The summed E-state index contributed by atoms with van der Waals surface area (Å²) in [6, 6.07) is 1.70. The van der Waals surface area contributed by atoms with Gasteiger partial charge in [0.05, 0.1) is 11.8 Å². The van der Waals surface area contributed by atoms with Gasteiger partial charge in [-0.1, -0.05) is 0 Å². The van der Waals surface area contributed by atoms with Gasteiger partial charge in [0.25, 0.3) is 0 Å². The fourth-order valence-corrected chi connectivity index (χ4v) is 4.69. The topological polar surface area (TPSA) is 6.02 Å². The molecule has 0 unspecified atom stereocenters. The molecule has 0 aromatic rings. The summed E-state index contributed by atoms with van der Waals surface area (Å²) in [6.45, 7) is 2.66. The monoisotopic (exact) mass is 232 g/mol. The third-order valence-corrected chi connectivity index (χ3v) is 5.48. The highest BCUT2D eigenvalue weighted by Gasteiger charge is 2.49. The number of hydrogen-bond acceptors (Lipinski definition) is 0. The van der Waals surface area contributed by atoms with Gasteiger partial charge in [-0.2, -0.15) is 0 Å². The Morgan fingerprint density at radius 3 is 1.76 bits per heavy atom. The summed E-state index contributed by atoms with van der Waals surface area (Å²) in [5, 5.41) is 0. The van der Waals surface area contributed by atoms with E-state index in [1.54, 1.807) is 0 Å². The van der Waals surface area contributed by atoms with Gasteiger partial charge in [-0.3, -0.25) is 0 Å². The molecule has 0 N–H and O–H groups in total. The number of fused-ring (bicyclic) bond motifs is 6. The SMILES string of the molecule is C1=[N+]2CCCC[C@@H]2[C@@H]2C=[N+]3CCCC[C@H]3[C@H]1C2. The predicted octanol–water partition coefficient (Wildman–Crippen LogP) is 1.91. The van der Waals surface area contributed by atoms with E-state index in [1.165, 1.54) is 58.0 Å². The molecule has 0 aliphatic carbocycles. The molecule has 4 aliphatic heterocycles. The van der Waals surface area contributed by atoms with E-state index in [2.05, 4.69) is 21.6 Å². The van der Waals surface area contributed by atoms with Gasteiger partial charge in [0.1, 0.15) is 25.5 Å². The van der Waals surface area contributed by atoms with Gasteiger partial charge in [0, 0.05) is 25.7 Å². The van der Waals surface area contributed by atoms with Crippen molar-refractivity contribution in [3.05, 3.63) is 0 Å². The molecular weight excluding hydrogens is 208 g/mol. The Labute approximate surface area is 104 Å². The Morgan fingerprint density at radius 1 is 0.706 bits per heavy atom. The van der Waals surface area contributed by atoms with Crippen LogP contribution in [0.2, 0.25) is 0 Å². The lowest BCUT2D eigenvalue weighted by atomic mass is 9.75. The number of rotatable bonds is 0. The molecule has 2 bridgehead atoms. The van der Waals surface area contributed by atoms with E-state index in [0.717, 1.165) is 23.9 Å². The van der Waals surface area contributed by atoms with Crippen LogP contribution in [0.15, 0.2) is 0 Å². The molecule has 4 aliphatic rings.